The van der Waals surface area contributed by atoms with E-state index in [4.69, 9.17) is 151 Å². The van der Waals surface area contributed by atoms with Crippen LogP contribution in [0.15, 0.2) is 0 Å². The molecule has 41 heavy (non-hydrogen) atoms. The molecule has 0 atom stereocenters. The van der Waals surface area contributed by atoms with Crippen LogP contribution in [0.1, 0.15) is 0 Å². The maximum absolute atomic E-state index is 7.17. The molecule has 0 saturated heterocycles. The molecule has 0 spiro atoms. The van der Waals surface area contributed by atoms with E-state index < -0.39 is 73.2 Å². The zero-order valence-corrected chi connectivity index (χ0v) is 19.2. The van der Waals surface area contributed by atoms with Gasteiger partial charge >= 0.3 is 142 Å². The predicted octanol–water partition coefficient (Wildman–Crippen LogP) is -21.2. The van der Waals surface area contributed by atoms with Crippen molar-refractivity contribution >= 4 is 142 Å². The first-order valence-corrected chi connectivity index (χ1v) is 7.75. The summed E-state index contributed by atoms with van der Waals surface area (Å²) in [5.74, 6) is 0. The second-order valence-electron chi connectivity index (χ2n) is 3.46. The summed E-state index contributed by atoms with van der Waals surface area (Å²) < 4.78 is 0. The Morgan fingerprint density at radius 3 is 0.122 bits per heavy atom. The molecule has 0 saturated carbocycles. The van der Waals surface area contributed by atoms with Crippen molar-refractivity contribution in [1.29, 1.82) is 0 Å². The van der Waals surface area contributed by atoms with Gasteiger partial charge < -0.3 is 151 Å². The van der Waals surface area contributed by atoms with E-state index in [1.54, 1.807) is 0 Å². The van der Waals surface area contributed by atoms with Gasteiger partial charge in [-0.1, -0.05) is 0 Å². The third-order valence-corrected chi connectivity index (χ3v) is 0. The summed E-state index contributed by atoms with van der Waals surface area (Å²) in [4.78, 5) is 0. The average Bonchev–Trinajstić information content (AvgIpc) is 2.47. The molecule has 0 rings (SSSR count). The van der Waals surface area contributed by atoms with Crippen molar-refractivity contribution in [1.82, 2.24) is 0 Å². The molecule has 0 aromatic heterocycles. The number of hydrogen-bond donors (Lipinski definition) is 30. The molecule has 0 amide bonds. The van der Waals surface area contributed by atoms with Crippen molar-refractivity contribution < 1.29 is 151 Å². The maximum atomic E-state index is 7.17. The van der Waals surface area contributed by atoms with E-state index in [1.165, 1.54) is 0 Å². The molecule has 0 heterocycles. The molecule has 0 radical (unpaired) electrons. The first-order valence-electron chi connectivity index (χ1n) is 7.75. The molecule has 0 aliphatic rings. The van der Waals surface area contributed by atoms with Gasteiger partial charge in [0.2, 0.25) is 0 Å². The number of rotatable bonds is 0. The Hall–Kier alpha value is 1.50. The van der Waals surface area contributed by atoms with Gasteiger partial charge in [0.25, 0.3) is 0 Å². The van der Waals surface area contributed by atoms with Crippen molar-refractivity contribution in [3.05, 3.63) is 0 Å². The fourth-order valence-corrected chi connectivity index (χ4v) is 0. The van der Waals surface area contributed by atoms with Crippen LogP contribution in [0.2, 0.25) is 0 Å². The van der Waals surface area contributed by atoms with Crippen LogP contribution in [-0.2, 0) is 0 Å². The fraction of sp³-hybridized carbons (Fsp3) is 0. The molecule has 0 aliphatic heterocycles. The summed E-state index contributed by atoms with van der Waals surface area (Å²) in [5.41, 5.74) is 0. The SMILES string of the molecule is OB(O)O.OB(O)O.OB(O)O.OB(O)O.OB(O)O.OB(O)O.OB(O)O.OB(O)O.OB(O)O.OB(O)O.[CsH]. The molecule has 30 N–H and O–H groups in total. The van der Waals surface area contributed by atoms with Crippen LogP contribution in [0.25, 0.3) is 0 Å². The summed E-state index contributed by atoms with van der Waals surface area (Å²) in [5, 5.41) is 215. The van der Waals surface area contributed by atoms with E-state index in [2.05, 4.69) is 0 Å². The Balaban J connectivity index is -0.0000000270. The minimum absolute atomic E-state index is 0. The first kappa shape index (κ1) is 73.8. The molecule has 30 nitrogen and oxygen atoms in total. The van der Waals surface area contributed by atoms with E-state index in [0.29, 0.717) is 0 Å². The topological polar surface area (TPSA) is 607 Å². The van der Waals surface area contributed by atoms with Crippen molar-refractivity contribution in [2.24, 2.45) is 0 Å². The summed E-state index contributed by atoms with van der Waals surface area (Å²) in [6.45, 7) is 0. The fourth-order valence-electron chi connectivity index (χ4n) is 0. The molecule has 242 valence electrons. The third kappa shape index (κ3) is 28700. The quantitative estimate of drug-likeness (QED) is 0.102. The molecule has 0 bridgehead atoms. The summed E-state index contributed by atoms with van der Waals surface area (Å²) in [6, 6.07) is 0. The molecule has 41 heteroatoms. The van der Waals surface area contributed by atoms with Gasteiger partial charge in [0.05, 0.1) is 0 Å². The van der Waals surface area contributed by atoms with Crippen LogP contribution in [0, 0.1) is 0 Å². The Labute approximate surface area is 290 Å². The van der Waals surface area contributed by atoms with Gasteiger partial charge in [0.15, 0.2) is 0 Å². The Bertz CT molecular complexity index is 186. The standard InChI is InChI=1S/10BH3O3.Cs.H/c10*2-1(3)4;;/h10*2-4H;;. The first-order chi connectivity index (χ1) is 17.3. The van der Waals surface area contributed by atoms with Gasteiger partial charge in [-0.25, -0.2) is 0 Å². The Morgan fingerprint density at radius 1 is 0.122 bits per heavy atom. The van der Waals surface area contributed by atoms with E-state index in [1.807, 2.05) is 0 Å². The van der Waals surface area contributed by atoms with Crippen LogP contribution >= 0.6 is 0 Å². The van der Waals surface area contributed by atoms with Crippen LogP contribution in [0.5, 0.6) is 0 Å². The van der Waals surface area contributed by atoms with Crippen LogP contribution in [0.3, 0.4) is 0 Å². The van der Waals surface area contributed by atoms with Crippen LogP contribution in [-0.4, -0.2) is 293 Å². The van der Waals surface area contributed by atoms with Crippen molar-refractivity contribution in [3.63, 3.8) is 0 Å². The molecule has 0 unspecified atom stereocenters. The third-order valence-electron chi connectivity index (χ3n) is 0. The summed E-state index contributed by atoms with van der Waals surface area (Å²) in [7, 11) is -21.7. The van der Waals surface area contributed by atoms with Gasteiger partial charge in [-0.2, -0.15) is 0 Å². The normalized spacial score (nSPS) is 6.59. The number of hydrogen-bond acceptors (Lipinski definition) is 30. The Morgan fingerprint density at radius 2 is 0.122 bits per heavy atom. The minimum atomic E-state index is -2.17. The van der Waals surface area contributed by atoms with E-state index in [-0.39, 0.29) is 68.9 Å². The van der Waals surface area contributed by atoms with Crippen molar-refractivity contribution in [3.8, 4) is 0 Å². The molecular weight excluding hydrogens is 721 g/mol. The second kappa shape index (κ2) is 68.6. The summed E-state index contributed by atoms with van der Waals surface area (Å²) >= 11 is 0. The molecule has 0 aromatic carbocycles. The zero-order chi connectivity index (χ0) is 35.8. The van der Waals surface area contributed by atoms with Gasteiger partial charge in [-0.3, -0.25) is 0 Å². The molecule has 0 aliphatic carbocycles. The summed E-state index contributed by atoms with van der Waals surface area (Å²) in [6.07, 6.45) is 0. The molecular formula is H31B10CsO30. The van der Waals surface area contributed by atoms with Gasteiger partial charge in [0, 0.05) is 0 Å². The average molecular weight is 752 g/mol. The molecule has 0 aromatic rings. The molecule has 0 fully saturated rings. The van der Waals surface area contributed by atoms with E-state index in [0.717, 1.165) is 0 Å². The van der Waals surface area contributed by atoms with Crippen LogP contribution in [0.4, 0.5) is 0 Å². The Kier molecular flexibility index (Phi) is 123. The zero-order valence-electron chi connectivity index (χ0n) is 19.2. The van der Waals surface area contributed by atoms with Crippen molar-refractivity contribution in [2.45, 2.75) is 0 Å². The van der Waals surface area contributed by atoms with Gasteiger partial charge in [-0.15, -0.1) is 0 Å². The van der Waals surface area contributed by atoms with E-state index >= 15 is 0 Å². The van der Waals surface area contributed by atoms with E-state index in [9.17, 15) is 0 Å². The monoisotopic (exact) mass is 754 g/mol. The van der Waals surface area contributed by atoms with Crippen LogP contribution < -0.4 is 0 Å². The van der Waals surface area contributed by atoms with Crippen molar-refractivity contribution in [2.75, 3.05) is 0 Å². The predicted molar refractivity (Wildman–Crippen MR) is 131 cm³/mol. The van der Waals surface area contributed by atoms with Gasteiger partial charge in [0.1, 0.15) is 0 Å². The second-order valence-corrected chi connectivity index (χ2v) is 3.46. The van der Waals surface area contributed by atoms with Gasteiger partial charge in [-0.05, 0) is 0 Å².